The maximum atomic E-state index is 13.7. The molecule has 0 amide bonds. The molecule has 3 aromatic carbocycles. The van der Waals surface area contributed by atoms with Crippen LogP contribution in [0.3, 0.4) is 0 Å². The maximum Gasteiger partial charge on any atom is 0.419 e. The highest BCUT2D eigenvalue weighted by Crippen LogP contribution is 2.42. The van der Waals surface area contributed by atoms with Crippen molar-refractivity contribution in [1.29, 1.82) is 0 Å². The first-order chi connectivity index (χ1) is 17.7. The zero-order chi connectivity index (χ0) is 25.9. The number of alkyl halides is 3. The van der Waals surface area contributed by atoms with Crippen LogP contribution in [-0.4, -0.2) is 19.9 Å². The molecular formula is C27H18ClF4NO5. The molecule has 38 heavy (non-hydrogen) atoms. The Hall–Kier alpha value is -4.05. The number of halogens is 5. The molecule has 4 aromatic rings. The predicted molar refractivity (Wildman–Crippen MR) is 122 cm³/mol. The molecule has 0 radical (unpaired) electrons. The van der Waals surface area contributed by atoms with Crippen LogP contribution in [0, 0.1) is 5.82 Å². The Bertz CT molecular complexity index is 1610. The number of rotatable bonds is 3. The Balaban J connectivity index is 0.00000294. The van der Waals surface area contributed by atoms with Gasteiger partial charge in [-0.2, -0.15) is 17.7 Å². The summed E-state index contributed by atoms with van der Waals surface area (Å²) in [4.78, 5) is 12.9. The van der Waals surface area contributed by atoms with E-state index in [4.69, 9.17) is 18.9 Å². The molecule has 0 bridgehead atoms. The lowest BCUT2D eigenvalue weighted by molar-refractivity contribution is -0.686. The molecule has 6 rings (SSSR count). The molecule has 0 saturated carbocycles. The van der Waals surface area contributed by atoms with Crippen molar-refractivity contribution in [1.82, 2.24) is 0 Å². The van der Waals surface area contributed by atoms with Crippen molar-refractivity contribution >= 4 is 16.7 Å². The van der Waals surface area contributed by atoms with E-state index in [9.17, 15) is 22.4 Å². The lowest BCUT2D eigenvalue weighted by Crippen LogP contribution is -3.00. The Morgan fingerprint density at radius 2 is 1.79 bits per heavy atom. The van der Waals surface area contributed by atoms with E-state index in [1.165, 1.54) is 7.11 Å². The minimum absolute atomic E-state index is 0. The minimum atomic E-state index is -4.96. The van der Waals surface area contributed by atoms with E-state index in [-0.39, 0.29) is 30.7 Å². The Morgan fingerprint density at radius 3 is 2.53 bits per heavy atom. The molecule has 196 valence electrons. The summed E-state index contributed by atoms with van der Waals surface area (Å²) in [7, 11) is 1.39. The van der Waals surface area contributed by atoms with Gasteiger partial charge in [0.1, 0.15) is 5.82 Å². The number of aromatic nitrogens is 1. The maximum absolute atomic E-state index is 13.7. The molecule has 0 aliphatic carbocycles. The SMILES string of the molecule is COc1ccc2cc3[n+](cc2c1OC(=O)c1ccc(F)c(C(F)(F)F)c1)CCc1cc2c(cc1-3)OCO2.[Cl-]. The highest BCUT2D eigenvalue weighted by molar-refractivity contribution is 5.97. The number of esters is 1. The summed E-state index contributed by atoms with van der Waals surface area (Å²) in [6.07, 6.45) is -2.42. The number of carbonyl (C=O) groups is 1. The Labute approximate surface area is 219 Å². The topological polar surface area (TPSA) is 57.9 Å². The standard InChI is InChI=1S/C27H18F4NO5.ClH/c1-34-22-5-3-14-9-21-17-11-24-23(35-13-36-24)10-15(17)6-7-32(21)12-18(14)25(22)37-26(33)16-2-4-20(28)19(8-16)27(29,30)31;/h2-5,8-12H,6-7,13H2,1H3;1H/q+1;/p-1. The zero-order valence-electron chi connectivity index (χ0n) is 19.7. The van der Waals surface area contributed by atoms with Gasteiger partial charge in [0.25, 0.3) is 0 Å². The lowest BCUT2D eigenvalue weighted by Gasteiger charge is -2.17. The van der Waals surface area contributed by atoms with E-state index >= 15 is 0 Å². The molecule has 11 heteroatoms. The number of pyridine rings is 1. The molecule has 0 fully saturated rings. The number of nitrogens with zero attached hydrogens (tertiary/aromatic N) is 1. The van der Waals surface area contributed by atoms with E-state index < -0.39 is 29.1 Å². The molecule has 0 saturated heterocycles. The monoisotopic (exact) mass is 547 g/mol. The van der Waals surface area contributed by atoms with Crippen LogP contribution in [-0.2, 0) is 19.1 Å². The summed E-state index contributed by atoms with van der Waals surface area (Å²) >= 11 is 0. The van der Waals surface area contributed by atoms with Gasteiger partial charge < -0.3 is 31.4 Å². The van der Waals surface area contributed by atoms with Gasteiger partial charge in [0, 0.05) is 12.5 Å². The van der Waals surface area contributed by atoms with Crippen molar-refractivity contribution in [2.75, 3.05) is 13.9 Å². The normalized spacial score (nSPS) is 13.4. The van der Waals surface area contributed by atoms with E-state index in [0.717, 1.165) is 34.7 Å². The second-order valence-corrected chi connectivity index (χ2v) is 8.65. The molecule has 0 atom stereocenters. The van der Waals surface area contributed by atoms with Gasteiger partial charge in [-0.05, 0) is 53.4 Å². The Kier molecular flexibility index (Phi) is 6.30. The number of benzene rings is 3. The summed E-state index contributed by atoms with van der Waals surface area (Å²) in [5, 5.41) is 1.24. The third-order valence-corrected chi connectivity index (χ3v) is 6.50. The summed E-state index contributed by atoms with van der Waals surface area (Å²) < 4.78 is 77.2. The molecule has 2 aliphatic heterocycles. The second kappa shape index (κ2) is 9.36. The average molecular weight is 548 g/mol. The molecule has 0 N–H and O–H groups in total. The fourth-order valence-electron chi connectivity index (χ4n) is 4.68. The highest BCUT2D eigenvalue weighted by atomic mass is 35.5. The van der Waals surface area contributed by atoms with Crippen LogP contribution in [0.2, 0.25) is 0 Å². The number of aryl methyl sites for hydroxylation is 2. The summed E-state index contributed by atoms with van der Waals surface area (Å²) in [6, 6.07) is 11.2. The molecule has 1 aromatic heterocycles. The molecule has 2 aliphatic rings. The average Bonchev–Trinajstić information content (AvgIpc) is 3.33. The summed E-state index contributed by atoms with van der Waals surface area (Å²) in [5.74, 6) is -0.904. The van der Waals surface area contributed by atoms with E-state index in [1.807, 2.05) is 29.0 Å². The summed E-state index contributed by atoms with van der Waals surface area (Å²) in [5.41, 5.74) is 1.03. The van der Waals surface area contributed by atoms with Crippen molar-refractivity contribution < 1.29 is 58.3 Å². The fraction of sp³-hybridized carbons (Fsp3) is 0.185. The smallest absolute Gasteiger partial charge is 0.419 e. The first kappa shape index (κ1) is 25.6. The number of ether oxygens (including phenoxy) is 4. The number of hydrogen-bond donors (Lipinski definition) is 0. The lowest BCUT2D eigenvalue weighted by atomic mass is 9.95. The highest BCUT2D eigenvalue weighted by Gasteiger charge is 2.35. The molecule has 0 spiro atoms. The van der Waals surface area contributed by atoms with Crippen LogP contribution in [0.4, 0.5) is 17.6 Å². The van der Waals surface area contributed by atoms with Gasteiger partial charge in [-0.3, -0.25) is 0 Å². The Morgan fingerprint density at radius 1 is 1.03 bits per heavy atom. The second-order valence-electron chi connectivity index (χ2n) is 8.65. The summed E-state index contributed by atoms with van der Waals surface area (Å²) in [6.45, 7) is 0.804. The van der Waals surface area contributed by atoms with Gasteiger partial charge >= 0.3 is 12.1 Å². The third kappa shape index (κ3) is 4.24. The fourth-order valence-corrected chi connectivity index (χ4v) is 4.68. The van der Waals surface area contributed by atoms with Crippen LogP contribution in [0.1, 0.15) is 21.5 Å². The van der Waals surface area contributed by atoms with E-state index in [0.29, 0.717) is 35.6 Å². The number of methoxy groups -OCH3 is 1. The largest absolute Gasteiger partial charge is 1.00 e. The van der Waals surface area contributed by atoms with Gasteiger partial charge in [-0.1, -0.05) is 0 Å². The van der Waals surface area contributed by atoms with Crippen molar-refractivity contribution in [3.8, 4) is 34.3 Å². The van der Waals surface area contributed by atoms with Crippen LogP contribution in [0.25, 0.3) is 22.0 Å². The van der Waals surface area contributed by atoms with Crippen molar-refractivity contribution in [2.45, 2.75) is 19.1 Å². The van der Waals surface area contributed by atoms with Crippen molar-refractivity contribution in [2.24, 2.45) is 0 Å². The molecule has 0 unspecified atom stereocenters. The molecule has 3 heterocycles. The van der Waals surface area contributed by atoms with Gasteiger partial charge in [-0.15, -0.1) is 0 Å². The quantitative estimate of drug-likeness (QED) is 0.171. The number of hydrogen-bond acceptors (Lipinski definition) is 5. The third-order valence-electron chi connectivity index (χ3n) is 6.50. The van der Waals surface area contributed by atoms with Crippen LogP contribution >= 0.6 is 0 Å². The van der Waals surface area contributed by atoms with Crippen molar-refractivity contribution in [3.05, 3.63) is 77.2 Å². The minimum Gasteiger partial charge on any atom is -1.00 e. The zero-order valence-corrected chi connectivity index (χ0v) is 20.5. The molecule has 6 nitrogen and oxygen atoms in total. The van der Waals surface area contributed by atoms with Crippen LogP contribution in [0.15, 0.2) is 54.7 Å². The first-order valence-electron chi connectivity index (χ1n) is 11.3. The van der Waals surface area contributed by atoms with Crippen molar-refractivity contribution in [3.63, 3.8) is 0 Å². The van der Waals surface area contributed by atoms with E-state index in [2.05, 4.69) is 0 Å². The number of carbonyl (C=O) groups excluding carboxylic acids is 1. The van der Waals surface area contributed by atoms with Gasteiger partial charge in [0.2, 0.25) is 12.5 Å². The van der Waals surface area contributed by atoms with Crippen LogP contribution in [0.5, 0.6) is 23.0 Å². The van der Waals surface area contributed by atoms with Gasteiger partial charge in [-0.25, -0.2) is 9.18 Å². The predicted octanol–water partition coefficient (Wildman–Crippen LogP) is 2.47. The van der Waals surface area contributed by atoms with Crippen LogP contribution < -0.4 is 35.9 Å². The van der Waals surface area contributed by atoms with E-state index in [1.54, 1.807) is 12.1 Å². The first-order valence-corrected chi connectivity index (χ1v) is 11.3. The number of fused-ring (bicyclic) bond motifs is 5. The molecular weight excluding hydrogens is 530 g/mol. The van der Waals surface area contributed by atoms with Gasteiger partial charge in [0.15, 0.2) is 35.7 Å². The van der Waals surface area contributed by atoms with Gasteiger partial charge in [0.05, 0.1) is 29.2 Å².